The predicted molar refractivity (Wildman–Crippen MR) is 87.4 cm³/mol. The van der Waals surface area contributed by atoms with E-state index in [0.29, 0.717) is 11.5 Å². The lowest BCUT2D eigenvalue weighted by Gasteiger charge is -2.18. The van der Waals surface area contributed by atoms with Gasteiger partial charge in [-0.1, -0.05) is 11.2 Å². The van der Waals surface area contributed by atoms with Gasteiger partial charge >= 0.3 is 6.03 Å². The fraction of sp³-hybridized carbons (Fsp3) is 0.412. The Balaban J connectivity index is 1.80. The van der Waals surface area contributed by atoms with E-state index in [2.05, 4.69) is 15.8 Å². The number of hydrogen-bond donors (Lipinski definition) is 2. The van der Waals surface area contributed by atoms with Gasteiger partial charge in [-0.25, -0.2) is 9.18 Å². The largest absolute Gasteiger partial charge is 0.489 e. The summed E-state index contributed by atoms with van der Waals surface area (Å²) < 4.78 is 23.8. The van der Waals surface area contributed by atoms with Gasteiger partial charge in [0.05, 0.1) is 18.3 Å². The number of hydrogen-bond acceptors (Lipinski definition) is 4. The number of rotatable bonds is 6. The first-order chi connectivity index (χ1) is 11.4. The van der Waals surface area contributed by atoms with Gasteiger partial charge in [-0.2, -0.15) is 0 Å². The molecule has 0 radical (unpaired) electrons. The second kappa shape index (κ2) is 7.81. The Morgan fingerprint density at radius 1 is 1.38 bits per heavy atom. The number of amides is 2. The molecule has 130 valence electrons. The van der Waals surface area contributed by atoms with Gasteiger partial charge in [0.2, 0.25) is 0 Å². The second-order valence-corrected chi connectivity index (χ2v) is 5.70. The summed E-state index contributed by atoms with van der Waals surface area (Å²) in [6.07, 6.45) is -0.299. The van der Waals surface area contributed by atoms with Crippen LogP contribution in [-0.4, -0.2) is 23.8 Å². The van der Waals surface area contributed by atoms with Crippen molar-refractivity contribution in [3.8, 4) is 5.75 Å². The van der Waals surface area contributed by atoms with E-state index in [4.69, 9.17) is 9.26 Å². The molecule has 24 heavy (non-hydrogen) atoms. The minimum atomic E-state index is -0.362. The summed E-state index contributed by atoms with van der Waals surface area (Å²) >= 11 is 0. The van der Waals surface area contributed by atoms with E-state index in [1.807, 2.05) is 13.8 Å². The van der Waals surface area contributed by atoms with Crippen LogP contribution >= 0.6 is 0 Å². The number of nitrogens with zero attached hydrogens (tertiary/aromatic N) is 1. The lowest BCUT2D eigenvalue weighted by Crippen LogP contribution is -2.41. The Kier molecular flexibility index (Phi) is 5.78. The fourth-order valence-corrected chi connectivity index (χ4v) is 2.48. The number of carbonyl (C=O) groups excluding carboxylic acids is 1. The van der Waals surface area contributed by atoms with E-state index >= 15 is 0 Å². The summed E-state index contributed by atoms with van der Waals surface area (Å²) in [5.41, 5.74) is 1.62. The maximum Gasteiger partial charge on any atom is 0.315 e. The Bertz CT molecular complexity index is 683. The SMILES string of the molecule is Cc1noc(C)c1[C@H](C)NC(=O)NC[C@H](C)Oc1cccc(F)c1. The van der Waals surface area contributed by atoms with Crippen LogP contribution in [0.2, 0.25) is 0 Å². The summed E-state index contributed by atoms with van der Waals surface area (Å²) in [6.45, 7) is 7.58. The molecule has 0 aliphatic carbocycles. The quantitative estimate of drug-likeness (QED) is 0.849. The van der Waals surface area contributed by atoms with Crippen molar-refractivity contribution in [1.29, 1.82) is 0 Å². The zero-order chi connectivity index (χ0) is 17.7. The third-order valence-corrected chi connectivity index (χ3v) is 3.55. The molecular formula is C17H22FN3O3. The normalized spacial score (nSPS) is 13.2. The highest BCUT2D eigenvalue weighted by atomic mass is 19.1. The van der Waals surface area contributed by atoms with Crippen LogP contribution in [0, 0.1) is 19.7 Å². The Hall–Kier alpha value is -2.57. The molecule has 1 aromatic heterocycles. The molecule has 0 saturated carbocycles. The third-order valence-electron chi connectivity index (χ3n) is 3.55. The molecule has 2 N–H and O–H groups in total. The number of aryl methyl sites for hydroxylation is 2. The highest BCUT2D eigenvalue weighted by Gasteiger charge is 2.18. The van der Waals surface area contributed by atoms with Gasteiger partial charge in [-0.3, -0.25) is 0 Å². The molecule has 0 aliphatic heterocycles. The molecule has 0 spiro atoms. The number of aromatic nitrogens is 1. The van der Waals surface area contributed by atoms with E-state index in [0.717, 1.165) is 11.3 Å². The van der Waals surface area contributed by atoms with Crippen LogP contribution in [0.15, 0.2) is 28.8 Å². The van der Waals surface area contributed by atoms with Crippen molar-refractivity contribution >= 4 is 6.03 Å². The highest BCUT2D eigenvalue weighted by molar-refractivity contribution is 5.74. The first-order valence-electron chi connectivity index (χ1n) is 7.76. The summed E-state index contributed by atoms with van der Waals surface area (Å²) in [4.78, 5) is 12.0. The van der Waals surface area contributed by atoms with E-state index in [1.54, 1.807) is 26.0 Å². The maximum absolute atomic E-state index is 13.1. The van der Waals surface area contributed by atoms with Crippen LogP contribution < -0.4 is 15.4 Å². The molecule has 7 heteroatoms. The van der Waals surface area contributed by atoms with E-state index in [9.17, 15) is 9.18 Å². The predicted octanol–water partition coefficient (Wildman–Crippen LogP) is 3.26. The van der Waals surface area contributed by atoms with Crippen LogP contribution in [0.4, 0.5) is 9.18 Å². The number of urea groups is 1. The molecule has 1 aromatic carbocycles. The van der Waals surface area contributed by atoms with Gasteiger partial charge in [0.15, 0.2) is 0 Å². The molecular weight excluding hydrogens is 313 g/mol. The summed E-state index contributed by atoms with van der Waals surface area (Å²) in [5.74, 6) is 0.746. The van der Waals surface area contributed by atoms with E-state index in [-0.39, 0.29) is 30.5 Å². The van der Waals surface area contributed by atoms with Gasteiger partial charge in [-0.05, 0) is 39.8 Å². The average molecular weight is 335 g/mol. The van der Waals surface area contributed by atoms with Crippen molar-refractivity contribution in [2.24, 2.45) is 0 Å². The Morgan fingerprint density at radius 3 is 2.75 bits per heavy atom. The van der Waals surface area contributed by atoms with Crippen molar-refractivity contribution in [3.05, 3.63) is 47.1 Å². The fourth-order valence-electron chi connectivity index (χ4n) is 2.48. The van der Waals surface area contributed by atoms with Crippen LogP contribution in [0.25, 0.3) is 0 Å². The maximum atomic E-state index is 13.1. The molecule has 0 saturated heterocycles. The molecule has 1 heterocycles. The standard InChI is InChI=1S/C17H22FN3O3/c1-10(23-15-7-5-6-14(18)8-15)9-19-17(22)20-11(2)16-12(3)21-24-13(16)4/h5-8,10-11H,9H2,1-4H3,(H2,19,20,22)/t10-,11-/m0/s1. The lowest BCUT2D eigenvalue weighted by molar-refractivity contribution is 0.206. The molecule has 2 atom stereocenters. The molecule has 0 unspecified atom stereocenters. The molecule has 0 aliphatic rings. The molecule has 0 fully saturated rings. The zero-order valence-corrected chi connectivity index (χ0v) is 14.2. The first-order valence-corrected chi connectivity index (χ1v) is 7.76. The van der Waals surface area contributed by atoms with Crippen LogP contribution in [-0.2, 0) is 0 Å². The lowest BCUT2D eigenvalue weighted by atomic mass is 10.1. The molecule has 2 rings (SSSR count). The molecule has 2 amide bonds. The van der Waals surface area contributed by atoms with Gasteiger partial charge in [-0.15, -0.1) is 0 Å². The van der Waals surface area contributed by atoms with Crippen molar-refractivity contribution in [1.82, 2.24) is 15.8 Å². The second-order valence-electron chi connectivity index (χ2n) is 5.70. The van der Waals surface area contributed by atoms with Crippen molar-refractivity contribution in [2.45, 2.75) is 39.8 Å². The zero-order valence-electron chi connectivity index (χ0n) is 14.2. The Morgan fingerprint density at radius 2 is 2.12 bits per heavy atom. The van der Waals surface area contributed by atoms with Crippen LogP contribution in [0.5, 0.6) is 5.75 Å². The minimum absolute atomic E-state index is 0.226. The number of nitrogens with one attached hydrogen (secondary N) is 2. The Labute approximate surface area is 140 Å². The number of halogens is 1. The smallest absolute Gasteiger partial charge is 0.315 e. The highest BCUT2D eigenvalue weighted by Crippen LogP contribution is 2.20. The third kappa shape index (κ3) is 4.71. The van der Waals surface area contributed by atoms with Crippen LogP contribution in [0.3, 0.4) is 0 Å². The summed E-state index contributed by atoms with van der Waals surface area (Å²) in [6, 6.07) is 5.34. The van der Waals surface area contributed by atoms with Crippen molar-refractivity contribution < 1.29 is 18.4 Å². The first kappa shape index (κ1) is 17.8. The number of ether oxygens (including phenoxy) is 1. The molecule has 0 bridgehead atoms. The summed E-state index contributed by atoms with van der Waals surface area (Å²) in [7, 11) is 0. The monoisotopic (exact) mass is 335 g/mol. The number of carbonyl (C=O) groups is 1. The average Bonchev–Trinajstić information content (AvgIpc) is 2.84. The molecule has 6 nitrogen and oxygen atoms in total. The minimum Gasteiger partial charge on any atom is -0.489 e. The van der Waals surface area contributed by atoms with Gasteiger partial charge in [0.1, 0.15) is 23.4 Å². The molecule has 2 aromatic rings. The number of benzene rings is 1. The van der Waals surface area contributed by atoms with Gasteiger partial charge < -0.3 is 19.9 Å². The van der Waals surface area contributed by atoms with Gasteiger partial charge in [0, 0.05) is 11.6 Å². The van der Waals surface area contributed by atoms with E-state index < -0.39 is 0 Å². The van der Waals surface area contributed by atoms with E-state index in [1.165, 1.54) is 12.1 Å². The van der Waals surface area contributed by atoms with Crippen molar-refractivity contribution in [3.63, 3.8) is 0 Å². The topological polar surface area (TPSA) is 76.4 Å². The van der Waals surface area contributed by atoms with Crippen LogP contribution in [0.1, 0.15) is 36.9 Å². The van der Waals surface area contributed by atoms with Crippen molar-refractivity contribution in [2.75, 3.05) is 6.54 Å². The van der Waals surface area contributed by atoms with Gasteiger partial charge in [0.25, 0.3) is 0 Å². The summed E-state index contributed by atoms with van der Waals surface area (Å²) in [5, 5.41) is 9.43.